The van der Waals surface area contributed by atoms with Crippen LogP contribution in [-0.2, 0) is 23.9 Å². The van der Waals surface area contributed by atoms with E-state index < -0.39 is 11.9 Å². The van der Waals surface area contributed by atoms with Gasteiger partial charge in [-0.2, -0.15) is 0 Å². The average Bonchev–Trinajstić information content (AvgIpc) is 3.23. The highest BCUT2D eigenvalue weighted by Gasteiger charge is 2.33. The molecular weight excluding hydrogens is 747 g/mol. The van der Waals surface area contributed by atoms with Gasteiger partial charge in [0.25, 0.3) is 5.91 Å². The molecule has 15 heteroatoms. The zero-order valence-corrected chi connectivity index (χ0v) is 32.8. The van der Waals surface area contributed by atoms with Gasteiger partial charge in [0.1, 0.15) is 24.2 Å². The van der Waals surface area contributed by atoms with E-state index in [1.807, 2.05) is 18.2 Å². The van der Waals surface area contributed by atoms with E-state index in [4.69, 9.17) is 4.74 Å². The Morgan fingerprint density at radius 3 is 2.40 bits per heavy atom. The predicted octanol–water partition coefficient (Wildman–Crippen LogP) is 5.09. The fourth-order valence-electron chi connectivity index (χ4n) is 9.28. The number of imide groups is 1. The van der Waals surface area contributed by atoms with Crippen LogP contribution in [0, 0.1) is 23.5 Å². The topological polar surface area (TPSA) is 149 Å². The average molecular weight is 799 g/mol. The van der Waals surface area contributed by atoms with Crippen LogP contribution < -0.4 is 20.9 Å². The Bertz CT molecular complexity index is 1990. The Labute approximate surface area is 337 Å². The van der Waals surface area contributed by atoms with E-state index in [1.54, 1.807) is 23.1 Å². The normalized spacial score (nSPS) is 24.1. The molecule has 4 saturated heterocycles. The second-order valence-electron chi connectivity index (χ2n) is 16.5. The van der Waals surface area contributed by atoms with Gasteiger partial charge in [0.2, 0.25) is 23.7 Å². The molecule has 1 aliphatic carbocycles. The summed E-state index contributed by atoms with van der Waals surface area (Å²) in [5, 5.41) is 8.77. The Balaban J connectivity index is 0.755. The number of halogens is 2. The van der Waals surface area contributed by atoms with Gasteiger partial charge in [-0.25, -0.2) is 18.7 Å². The number of rotatable bonds is 10. The SMILES string of the molecule is O=C1CCC(Nc2ccc(C3CCN(CC4CCN(C(=O)C5CCC(Nc6ncc(F)c(-c7cccc(N8CCOCC8=O)c7)n6)CC5)CC4)CC3)c(F)c2)C(=O)N1. The van der Waals surface area contributed by atoms with E-state index in [-0.39, 0.29) is 66.0 Å². The number of hydrogen-bond donors (Lipinski definition) is 3. The number of ether oxygens (including phenoxy) is 1. The van der Waals surface area contributed by atoms with Crippen molar-refractivity contribution in [3.8, 4) is 11.3 Å². The van der Waals surface area contributed by atoms with Crippen LogP contribution in [0.5, 0.6) is 0 Å². The third kappa shape index (κ3) is 9.31. The van der Waals surface area contributed by atoms with E-state index in [0.717, 1.165) is 84.1 Å². The van der Waals surface area contributed by atoms with Crippen molar-refractivity contribution < 1.29 is 32.7 Å². The largest absolute Gasteiger partial charge is 0.374 e. The summed E-state index contributed by atoms with van der Waals surface area (Å²) in [4.78, 5) is 64.4. The molecule has 0 bridgehead atoms. The molecule has 8 rings (SSSR count). The zero-order chi connectivity index (χ0) is 40.2. The van der Waals surface area contributed by atoms with Gasteiger partial charge in [0.05, 0.1) is 12.8 Å². The first-order chi connectivity index (χ1) is 28.2. The summed E-state index contributed by atoms with van der Waals surface area (Å²) >= 11 is 0. The minimum absolute atomic E-state index is 0.00774. The molecule has 2 aromatic carbocycles. The molecule has 0 radical (unpaired) electrons. The molecule has 5 fully saturated rings. The van der Waals surface area contributed by atoms with E-state index in [2.05, 4.69) is 35.7 Å². The molecule has 1 atom stereocenters. The molecule has 308 valence electrons. The van der Waals surface area contributed by atoms with Gasteiger partial charge in [0.15, 0.2) is 5.82 Å². The van der Waals surface area contributed by atoms with Gasteiger partial charge in [-0.1, -0.05) is 18.2 Å². The zero-order valence-electron chi connectivity index (χ0n) is 32.8. The van der Waals surface area contributed by atoms with Crippen LogP contribution in [0.3, 0.4) is 0 Å². The van der Waals surface area contributed by atoms with Gasteiger partial charge in [-0.05, 0) is 113 Å². The maximum atomic E-state index is 15.2. The van der Waals surface area contributed by atoms with Crippen LogP contribution in [0.1, 0.15) is 75.7 Å². The van der Waals surface area contributed by atoms with Crippen LogP contribution in [0.2, 0.25) is 0 Å². The van der Waals surface area contributed by atoms with Gasteiger partial charge >= 0.3 is 0 Å². The van der Waals surface area contributed by atoms with E-state index in [1.165, 1.54) is 12.3 Å². The monoisotopic (exact) mass is 798 g/mol. The van der Waals surface area contributed by atoms with Crippen LogP contribution in [-0.4, -0.2) is 108 Å². The second kappa shape index (κ2) is 17.9. The highest BCUT2D eigenvalue weighted by atomic mass is 19.1. The number of benzene rings is 2. The third-order valence-corrected chi connectivity index (χ3v) is 12.6. The Hall–Kier alpha value is -5.02. The summed E-state index contributed by atoms with van der Waals surface area (Å²) in [6.07, 6.45) is 8.68. The number of likely N-dealkylation sites (tertiary alicyclic amines) is 2. The van der Waals surface area contributed by atoms with Gasteiger partial charge < -0.3 is 30.1 Å². The smallest absolute Gasteiger partial charge is 0.253 e. The van der Waals surface area contributed by atoms with Crippen LogP contribution >= 0.6 is 0 Å². The number of aromatic nitrogens is 2. The number of amides is 4. The highest BCUT2D eigenvalue weighted by molar-refractivity contribution is 6.01. The molecule has 5 aliphatic rings. The van der Waals surface area contributed by atoms with E-state index in [0.29, 0.717) is 53.9 Å². The quantitative estimate of drug-likeness (QED) is 0.237. The lowest BCUT2D eigenvalue weighted by Crippen LogP contribution is -2.47. The van der Waals surface area contributed by atoms with E-state index in [9.17, 15) is 23.6 Å². The molecule has 58 heavy (non-hydrogen) atoms. The fourth-order valence-corrected chi connectivity index (χ4v) is 9.28. The summed E-state index contributed by atoms with van der Waals surface area (Å²) in [7, 11) is 0. The molecule has 3 aromatic rings. The number of piperidine rings is 3. The lowest BCUT2D eigenvalue weighted by molar-refractivity contribution is -0.138. The lowest BCUT2D eigenvalue weighted by Gasteiger charge is -2.39. The van der Waals surface area contributed by atoms with Crippen LogP contribution in [0.4, 0.5) is 26.1 Å². The van der Waals surface area contributed by atoms with Crippen molar-refractivity contribution in [3.63, 3.8) is 0 Å². The van der Waals surface area contributed by atoms with Crippen LogP contribution in [0.25, 0.3) is 11.3 Å². The molecule has 1 saturated carbocycles. The third-order valence-electron chi connectivity index (χ3n) is 12.6. The number of carbonyl (C=O) groups is 4. The van der Waals surface area contributed by atoms with Crippen molar-refractivity contribution in [2.24, 2.45) is 11.8 Å². The summed E-state index contributed by atoms with van der Waals surface area (Å²) < 4.78 is 35.5. The highest BCUT2D eigenvalue weighted by Crippen LogP contribution is 2.34. The molecule has 0 spiro atoms. The fraction of sp³-hybridized carbons (Fsp3) is 0.535. The molecule has 3 N–H and O–H groups in total. The van der Waals surface area contributed by atoms with Crippen molar-refractivity contribution in [1.82, 2.24) is 25.1 Å². The number of carbonyl (C=O) groups excluding carboxylic acids is 4. The van der Waals surface area contributed by atoms with Crippen molar-refractivity contribution in [2.45, 2.75) is 82.2 Å². The number of anilines is 3. The first-order valence-corrected chi connectivity index (χ1v) is 20.9. The summed E-state index contributed by atoms with van der Waals surface area (Å²) in [5.41, 5.74) is 2.65. The van der Waals surface area contributed by atoms with Gasteiger partial charge in [-0.3, -0.25) is 24.5 Å². The number of morpholine rings is 1. The molecule has 1 aromatic heterocycles. The molecule has 4 amide bonds. The second-order valence-corrected chi connectivity index (χ2v) is 16.5. The maximum Gasteiger partial charge on any atom is 0.253 e. The van der Waals surface area contributed by atoms with Gasteiger partial charge in [-0.15, -0.1) is 0 Å². The first-order valence-electron chi connectivity index (χ1n) is 20.9. The minimum Gasteiger partial charge on any atom is -0.374 e. The number of nitrogens with one attached hydrogen (secondary N) is 3. The molecule has 5 heterocycles. The Kier molecular flexibility index (Phi) is 12.3. The number of hydrogen-bond acceptors (Lipinski definition) is 10. The maximum absolute atomic E-state index is 15.2. The summed E-state index contributed by atoms with van der Waals surface area (Å²) in [6.45, 7) is 5.26. The summed E-state index contributed by atoms with van der Waals surface area (Å²) in [5.74, 6) is -0.354. The molecule has 13 nitrogen and oxygen atoms in total. The standard InChI is InChI=1S/C43H52F2N8O5/c44-35-23-32(47-37-10-11-38(54)49-41(37)56)8-9-34(35)28-14-16-51(17-15-28)25-27-12-18-52(19-13-27)42(57)29-4-6-31(7-5-29)48-43-46-24-36(45)40(50-43)30-2-1-3-33(22-30)53-20-21-58-26-39(53)55/h1-3,8-9,22-24,27-29,31,37,47H,4-7,10-21,25-26H2,(H,46,48,50)(H,49,54,56). The number of nitrogens with zero attached hydrogens (tertiary/aromatic N) is 5. The Morgan fingerprint density at radius 2 is 1.66 bits per heavy atom. The van der Waals surface area contributed by atoms with Crippen LogP contribution in [0.15, 0.2) is 48.7 Å². The predicted molar refractivity (Wildman–Crippen MR) is 214 cm³/mol. The van der Waals surface area contributed by atoms with E-state index >= 15 is 4.39 Å². The van der Waals surface area contributed by atoms with Crippen molar-refractivity contribution in [2.75, 3.05) is 68.0 Å². The minimum atomic E-state index is -0.547. The molecule has 1 unspecified atom stereocenters. The van der Waals surface area contributed by atoms with Crippen molar-refractivity contribution in [1.29, 1.82) is 0 Å². The molecule has 4 aliphatic heterocycles. The lowest BCUT2D eigenvalue weighted by atomic mass is 9.84. The molecular formula is C43H52F2N8O5. The van der Waals surface area contributed by atoms with Crippen molar-refractivity contribution >= 4 is 41.0 Å². The van der Waals surface area contributed by atoms with Crippen molar-refractivity contribution in [3.05, 3.63) is 65.9 Å². The first kappa shape index (κ1) is 39.8. The Morgan fingerprint density at radius 1 is 0.862 bits per heavy atom. The summed E-state index contributed by atoms with van der Waals surface area (Å²) in [6, 6.07) is 11.8. The van der Waals surface area contributed by atoms with Gasteiger partial charge in [0, 0.05) is 61.5 Å².